The number of imidazole rings is 1. The molecular formula is C13H8BrN5. The molecule has 2 N–H and O–H groups in total. The Balaban J connectivity index is 2.00. The predicted octanol–water partition coefficient (Wildman–Crippen LogP) is 3.26. The van der Waals surface area contributed by atoms with Gasteiger partial charge in [0.15, 0.2) is 11.5 Å². The van der Waals surface area contributed by atoms with Crippen molar-refractivity contribution in [2.45, 2.75) is 0 Å². The van der Waals surface area contributed by atoms with Crippen LogP contribution in [-0.4, -0.2) is 25.1 Å². The Morgan fingerprint density at radius 1 is 1.16 bits per heavy atom. The van der Waals surface area contributed by atoms with E-state index in [-0.39, 0.29) is 0 Å². The van der Waals surface area contributed by atoms with Crippen molar-refractivity contribution in [2.75, 3.05) is 0 Å². The SMILES string of the molecule is Brc1cnc2n[nH]c(-c3nc4ccccc4[nH]3)c2c1. The molecule has 0 bridgehead atoms. The van der Waals surface area contributed by atoms with Crippen LogP contribution in [0.5, 0.6) is 0 Å². The molecule has 0 spiro atoms. The summed E-state index contributed by atoms with van der Waals surface area (Å²) in [7, 11) is 0. The maximum Gasteiger partial charge on any atom is 0.181 e. The van der Waals surface area contributed by atoms with E-state index in [1.54, 1.807) is 6.20 Å². The molecule has 0 aliphatic carbocycles. The molecule has 6 heteroatoms. The van der Waals surface area contributed by atoms with Gasteiger partial charge in [-0.05, 0) is 34.1 Å². The molecule has 0 saturated carbocycles. The smallest absolute Gasteiger partial charge is 0.181 e. The molecule has 5 nitrogen and oxygen atoms in total. The monoisotopic (exact) mass is 313 g/mol. The second-order valence-electron chi connectivity index (χ2n) is 4.23. The van der Waals surface area contributed by atoms with Gasteiger partial charge in [-0.1, -0.05) is 12.1 Å². The summed E-state index contributed by atoms with van der Waals surface area (Å²) >= 11 is 3.42. The van der Waals surface area contributed by atoms with Crippen molar-refractivity contribution in [1.82, 2.24) is 25.1 Å². The zero-order valence-corrected chi connectivity index (χ0v) is 11.3. The van der Waals surface area contributed by atoms with Crippen LogP contribution in [0.2, 0.25) is 0 Å². The summed E-state index contributed by atoms with van der Waals surface area (Å²) in [6.07, 6.45) is 1.73. The molecule has 0 radical (unpaired) electrons. The number of H-pyrrole nitrogens is 2. The number of para-hydroxylation sites is 2. The minimum Gasteiger partial charge on any atom is -0.337 e. The zero-order chi connectivity index (χ0) is 12.8. The largest absolute Gasteiger partial charge is 0.337 e. The van der Waals surface area contributed by atoms with Gasteiger partial charge in [-0.15, -0.1) is 0 Å². The Morgan fingerprint density at radius 2 is 2.05 bits per heavy atom. The van der Waals surface area contributed by atoms with E-state index in [0.717, 1.165) is 32.4 Å². The maximum absolute atomic E-state index is 4.57. The summed E-state index contributed by atoms with van der Waals surface area (Å²) in [5.74, 6) is 0.767. The summed E-state index contributed by atoms with van der Waals surface area (Å²) in [6.45, 7) is 0. The van der Waals surface area contributed by atoms with Gasteiger partial charge in [0.1, 0.15) is 5.69 Å². The summed E-state index contributed by atoms with van der Waals surface area (Å²) in [5, 5.41) is 8.12. The molecule has 3 aromatic heterocycles. The fraction of sp³-hybridized carbons (Fsp3) is 0. The van der Waals surface area contributed by atoms with E-state index < -0.39 is 0 Å². The van der Waals surface area contributed by atoms with Crippen molar-refractivity contribution in [1.29, 1.82) is 0 Å². The van der Waals surface area contributed by atoms with E-state index in [1.807, 2.05) is 30.3 Å². The molecular weight excluding hydrogens is 306 g/mol. The van der Waals surface area contributed by atoms with Crippen molar-refractivity contribution < 1.29 is 0 Å². The van der Waals surface area contributed by atoms with E-state index in [0.29, 0.717) is 5.65 Å². The highest BCUT2D eigenvalue weighted by Crippen LogP contribution is 2.26. The molecule has 0 aliphatic heterocycles. The second kappa shape index (κ2) is 3.89. The normalized spacial score (nSPS) is 11.4. The number of benzene rings is 1. The molecule has 4 aromatic rings. The molecule has 0 amide bonds. The third-order valence-corrected chi connectivity index (χ3v) is 3.44. The molecule has 1 aromatic carbocycles. The van der Waals surface area contributed by atoms with Crippen molar-refractivity contribution in [3.63, 3.8) is 0 Å². The predicted molar refractivity (Wildman–Crippen MR) is 76.7 cm³/mol. The number of aromatic nitrogens is 5. The number of rotatable bonds is 1. The first-order valence-corrected chi connectivity index (χ1v) is 6.55. The third-order valence-electron chi connectivity index (χ3n) is 3.00. The van der Waals surface area contributed by atoms with E-state index in [9.17, 15) is 0 Å². The van der Waals surface area contributed by atoms with Crippen LogP contribution >= 0.6 is 15.9 Å². The Labute approximate surface area is 116 Å². The lowest BCUT2D eigenvalue weighted by Crippen LogP contribution is -1.81. The molecule has 0 unspecified atom stereocenters. The first-order valence-electron chi connectivity index (χ1n) is 5.76. The van der Waals surface area contributed by atoms with Crippen molar-refractivity contribution in [3.8, 4) is 11.5 Å². The highest BCUT2D eigenvalue weighted by Gasteiger charge is 2.12. The van der Waals surface area contributed by atoms with Crippen molar-refractivity contribution in [3.05, 3.63) is 41.0 Å². The van der Waals surface area contributed by atoms with Crippen LogP contribution in [0, 0.1) is 0 Å². The lowest BCUT2D eigenvalue weighted by Gasteiger charge is -1.93. The number of hydrogen-bond donors (Lipinski definition) is 2. The van der Waals surface area contributed by atoms with Gasteiger partial charge >= 0.3 is 0 Å². The summed E-state index contributed by atoms with van der Waals surface area (Å²) < 4.78 is 0.916. The average Bonchev–Trinajstić information content (AvgIpc) is 3.00. The molecule has 0 atom stereocenters. The van der Waals surface area contributed by atoms with Gasteiger partial charge in [-0.3, -0.25) is 5.10 Å². The van der Waals surface area contributed by atoms with Gasteiger partial charge in [0, 0.05) is 10.7 Å². The Bertz CT molecular complexity index is 859. The molecule has 4 rings (SSSR count). The van der Waals surface area contributed by atoms with E-state index in [2.05, 4.69) is 41.1 Å². The Morgan fingerprint density at radius 3 is 2.95 bits per heavy atom. The molecule has 0 aliphatic rings. The average molecular weight is 314 g/mol. The molecule has 3 heterocycles. The maximum atomic E-state index is 4.57. The zero-order valence-electron chi connectivity index (χ0n) is 9.68. The lowest BCUT2D eigenvalue weighted by atomic mass is 10.2. The molecule has 92 valence electrons. The Kier molecular flexibility index (Phi) is 2.19. The molecule has 19 heavy (non-hydrogen) atoms. The van der Waals surface area contributed by atoms with Gasteiger partial charge in [0.25, 0.3) is 0 Å². The fourth-order valence-corrected chi connectivity index (χ4v) is 2.46. The number of pyridine rings is 1. The topological polar surface area (TPSA) is 70.2 Å². The second-order valence-corrected chi connectivity index (χ2v) is 5.14. The summed E-state index contributed by atoms with van der Waals surface area (Å²) in [6, 6.07) is 9.90. The minimum atomic E-state index is 0.679. The molecule has 0 saturated heterocycles. The van der Waals surface area contributed by atoms with Crippen LogP contribution < -0.4 is 0 Å². The van der Waals surface area contributed by atoms with Crippen LogP contribution in [0.25, 0.3) is 33.6 Å². The number of halogens is 1. The highest BCUT2D eigenvalue weighted by atomic mass is 79.9. The van der Waals surface area contributed by atoms with Crippen LogP contribution in [0.1, 0.15) is 0 Å². The fourth-order valence-electron chi connectivity index (χ4n) is 2.13. The lowest BCUT2D eigenvalue weighted by molar-refractivity contribution is 1.09. The quantitative estimate of drug-likeness (QED) is 0.566. The van der Waals surface area contributed by atoms with E-state index >= 15 is 0 Å². The van der Waals surface area contributed by atoms with Crippen LogP contribution in [0.15, 0.2) is 41.0 Å². The van der Waals surface area contributed by atoms with Gasteiger partial charge in [-0.2, -0.15) is 5.10 Å². The third kappa shape index (κ3) is 1.64. The summed E-state index contributed by atoms with van der Waals surface area (Å²) in [5.41, 5.74) is 3.46. The number of nitrogens with zero attached hydrogens (tertiary/aromatic N) is 3. The minimum absolute atomic E-state index is 0.679. The number of nitrogens with one attached hydrogen (secondary N) is 2. The summed E-state index contributed by atoms with van der Waals surface area (Å²) in [4.78, 5) is 12.1. The van der Waals surface area contributed by atoms with Gasteiger partial charge in [-0.25, -0.2) is 9.97 Å². The van der Waals surface area contributed by atoms with Crippen LogP contribution in [0.4, 0.5) is 0 Å². The number of hydrogen-bond acceptors (Lipinski definition) is 3. The van der Waals surface area contributed by atoms with Crippen molar-refractivity contribution >= 4 is 38.0 Å². The van der Waals surface area contributed by atoms with Crippen LogP contribution in [0.3, 0.4) is 0 Å². The van der Waals surface area contributed by atoms with Gasteiger partial charge < -0.3 is 4.98 Å². The number of aromatic amines is 2. The van der Waals surface area contributed by atoms with E-state index in [4.69, 9.17) is 0 Å². The number of fused-ring (bicyclic) bond motifs is 2. The first kappa shape index (κ1) is 10.7. The van der Waals surface area contributed by atoms with Gasteiger partial charge in [0.2, 0.25) is 0 Å². The first-order chi connectivity index (χ1) is 9.31. The van der Waals surface area contributed by atoms with Gasteiger partial charge in [0.05, 0.1) is 16.4 Å². The van der Waals surface area contributed by atoms with Crippen LogP contribution in [-0.2, 0) is 0 Å². The standard InChI is InChI=1S/C13H8BrN5/c14-7-5-8-11(18-19-12(8)15-6-7)13-16-9-3-1-2-4-10(9)17-13/h1-6H,(H,16,17)(H,15,18,19). The Hall–Kier alpha value is -2.21. The highest BCUT2D eigenvalue weighted by molar-refractivity contribution is 9.10. The van der Waals surface area contributed by atoms with Crippen molar-refractivity contribution in [2.24, 2.45) is 0 Å². The molecule has 0 fully saturated rings. The van der Waals surface area contributed by atoms with E-state index in [1.165, 1.54) is 0 Å².